The van der Waals surface area contributed by atoms with Crippen molar-refractivity contribution in [3.8, 4) is 0 Å². The molecule has 0 spiro atoms. The summed E-state index contributed by atoms with van der Waals surface area (Å²) < 4.78 is 17.8. The van der Waals surface area contributed by atoms with Gasteiger partial charge in [-0.2, -0.15) is 0 Å². The molecule has 0 saturated carbocycles. The summed E-state index contributed by atoms with van der Waals surface area (Å²) >= 11 is 0. The minimum absolute atomic E-state index is 0.0411. The molecule has 0 aliphatic heterocycles. The molecule has 0 aliphatic rings. The van der Waals surface area contributed by atoms with Gasteiger partial charge in [0, 0.05) is 6.42 Å². The number of nitrogens with two attached hydrogens (primary N) is 1. The highest BCUT2D eigenvalue weighted by Gasteiger charge is 2.22. The molecule has 0 saturated heterocycles. The first-order valence-electron chi connectivity index (χ1n) is 7.34. The van der Waals surface area contributed by atoms with Crippen molar-refractivity contribution in [2.45, 2.75) is 45.8 Å². The second-order valence-electron chi connectivity index (χ2n) is 6.16. The van der Waals surface area contributed by atoms with E-state index in [4.69, 9.17) is 10.5 Å². The first-order valence-corrected chi connectivity index (χ1v) is 7.34. The second kappa shape index (κ2) is 8.28. The van der Waals surface area contributed by atoms with Crippen LogP contribution in [-0.2, 0) is 20.8 Å². The quantitative estimate of drug-likeness (QED) is 0.370. The Morgan fingerprint density at radius 1 is 1.29 bits per heavy atom. The van der Waals surface area contributed by atoms with E-state index >= 15 is 0 Å². The summed E-state index contributed by atoms with van der Waals surface area (Å²) in [6.45, 7) is 6.54. The topological polar surface area (TPSA) is 103 Å². The van der Waals surface area contributed by atoms with Crippen molar-refractivity contribution < 1.29 is 23.6 Å². The van der Waals surface area contributed by atoms with E-state index in [1.165, 1.54) is 19.1 Å². The maximum Gasteiger partial charge on any atom is 0.408 e. The van der Waals surface area contributed by atoms with Crippen molar-refractivity contribution >= 4 is 17.9 Å². The Labute approximate surface area is 140 Å². The average molecular weight is 339 g/mol. The Bertz CT molecular complexity index is 609. The number of carbonyl (C=O) groups excluding carboxylic acids is 2. The number of benzene rings is 1. The molecular weight excluding hydrogens is 317 g/mol. The zero-order valence-electron chi connectivity index (χ0n) is 14.1. The third-order valence-electron chi connectivity index (χ3n) is 2.64. The SMILES string of the molecule is C[C@H](NC(=O)OC(C)(C)C)C(=O)O/N=C(\N)Cc1ccc(F)cc1. The molecule has 24 heavy (non-hydrogen) atoms. The molecule has 7 nitrogen and oxygen atoms in total. The minimum Gasteiger partial charge on any atom is -0.444 e. The zero-order chi connectivity index (χ0) is 18.3. The third kappa shape index (κ3) is 7.57. The molecule has 8 heteroatoms. The van der Waals surface area contributed by atoms with Gasteiger partial charge >= 0.3 is 12.1 Å². The van der Waals surface area contributed by atoms with Crippen molar-refractivity contribution in [2.75, 3.05) is 0 Å². The van der Waals surface area contributed by atoms with Gasteiger partial charge in [-0.05, 0) is 45.4 Å². The Kier molecular flexibility index (Phi) is 6.69. The van der Waals surface area contributed by atoms with Crippen LogP contribution in [0.5, 0.6) is 0 Å². The molecule has 0 radical (unpaired) electrons. The first-order chi connectivity index (χ1) is 11.1. The molecule has 1 rings (SSSR count). The van der Waals surface area contributed by atoms with Crippen molar-refractivity contribution in [1.29, 1.82) is 0 Å². The van der Waals surface area contributed by atoms with Crippen molar-refractivity contribution in [1.82, 2.24) is 5.32 Å². The van der Waals surface area contributed by atoms with Crippen LogP contribution in [0.2, 0.25) is 0 Å². The van der Waals surface area contributed by atoms with E-state index in [9.17, 15) is 14.0 Å². The van der Waals surface area contributed by atoms with Gasteiger partial charge in [0.05, 0.1) is 0 Å². The minimum atomic E-state index is -0.956. The van der Waals surface area contributed by atoms with E-state index < -0.39 is 23.7 Å². The molecule has 132 valence electrons. The number of alkyl carbamates (subject to hydrolysis) is 1. The number of halogens is 1. The molecule has 0 fully saturated rings. The number of nitrogens with zero attached hydrogens (tertiary/aromatic N) is 1. The molecule has 1 aromatic carbocycles. The Hall–Kier alpha value is -2.64. The zero-order valence-corrected chi connectivity index (χ0v) is 14.1. The number of rotatable bonds is 5. The lowest BCUT2D eigenvalue weighted by molar-refractivity contribution is -0.145. The van der Waals surface area contributed by atoms with Crippen LogP contribution in [0.3, 0.4) is 0 Å². The van der Waals surface area contributed by atoms with Crippen molar-refractivity contribution in [3.63, 3.8) is 0 Å². The number of amides is 1. The van der Waals surface area contributed by atoms with Gasteiger partial charge in [0.25, 0.3) is 0 Å². The number of amidine groups is 1. The van der Waals surface area contributed by atoms with Gasteiger partial charge in [-0.1, -0.05) is 17.3 Å². The molecule has 0 aliphatic carbocycles. The van der Waals surface area contributed by atoms with E-state index in [1.807, 2.05) is 0 Å². The summed E-state index contributed by atoms with van der Waals surface area (Å²) in [5.74, 6) is -1.11. The van der Waals surface area contributed by atoms with Gasteiger partial charge < -0.3 is 20.6 Å². The second-order valence-corrected chi connectivity index (χ2v) is 6.16. The number of oxime groups is 1. The molecule has 1 atom stereocenters. The first kappa shape index (κ1) is 19.4. The lowest BCUT2D eigenvalue weighted by Crippen LogP contribution is -2.42. The van der Waals surface area contributed by atoms with Crippen LogP contribution in [0.4, 0.5) is 9.18 Å². The van der Waals surface area contributed by atoms with Gasteiger partial charge in [0.15, 0.2) is 0 Å². The molecule has 0 unspecified atom stereocenters. The Morgan fingerprint density at radius 2 is 1.88 bits per heavy atom. The van der Waals surface area contributed by atoms with Gasteiger partial charge in [-0.25, -0.2) is 14.0 Å². The Morgan fingerprint density at radius 3 is 2.42 bits per heavy atom. The van der Waals surface area contributed by atoms with E-state index in [1.54, 1.807) is 32.9 Å². The summed E-state index contributed by atoms with van der Waals surface area (Å²) in [5, 5.41) is 5.83. The number of hydrogen-bond donors (Lipinski definition) is 2. The van der Waals surface area contributed by atoms with E-state index in [0.29, 0.717) is 5.56 Å². The number of hydrogen-bond acceptors (Lipinski definition) is 5. The summed E-state index contributed by atoms with van der Waals surface area (Å²) in [4.78, 5) is 28.0. The van der Waals surface area contributed by atoms with Crippen LogP contribution < -0.4 is 11.1 Å². The Balaban J connectivity index is 2.48. The van der Waals surface area contributed by atoms with E-state index in [0.717, 1.165) is 0 Å². The average Bonchev–Trinajstić information content (AvgIpc) is 2.45. The van der Waals surface area contributed by atoms with E-state index in [2.05, 4.69) is 15.3 Å². The standard InChI is InChI=1S/C16H22FN3O4/c1-10(19-15(22)23-16(2,3)4)14(21)24-20-13(18)9-11-5-7-12(17)8-6-11/h5-8,10H,9H2,1-4H3,(H2,18,20)(H,19,22)/t10-/m0/s1. The highest BCUT2D eigenvalue weighted by molar-refractivity contribution is 5.84. The van der Waals surface area contributed by atoms with Gasteiger partial charge in [-0.15, -0.1) is 0 Å². The highest BCUT2D eigenvalue weighted by atomic mass is 19.1. The lowest BCUT2D eigenvalue weighted by atomic mass is 10.1. The number of nitrogens with one attached hydrogen (secondary N) is 1. The highest BCUT2D eigenvalue weighted by Crippen LogP contribution is 2.07. The van der Waals surface area contributed by atoms with E-state index in [-0.39, 0.29) is 18.1 Å². The van der Waals surface area contributed by atoms with Crippen LogP contribution >= 0.6 is 0 Å². The summed E-state index contributed by atoms with van der Waals surface area (Å²) in [7, 11) is 0. The molecule has 1 aromatic rings. The van der Waals surface area contributed by atoms with Crippen molar-refractivity contribution in [2.24, 2.45) is 10.9 Å². The molecule has 0 bridgehead atoms. The number of ether oxygens (including phenoxy) is 1. The predicted molar refractivity (Wildman–Crippen MR) is 86.7 cm³/mol. The van der Waals surface area contributed by atoms with Gasteiger partial charge in [0.1, 0.15) is 23.3 Å². The molecular formula is C16H22FN3O4. The smallest absolute Gasteiger partial charge is 0.408 e. The fourth-order valence-electron chi connectivity index (χ4n) is 1.57. The van der Waals surface area contributed by atoms with Crippen LogP contribution in [0.1, 0.15) is 33.3 Å². The monoisotopic (exact) mass is 339 g/mol. The maximum atomic E-state index is 12.8. The third-order valence-corrected chi connectivity index (χ3v) is 2.64. The van der Waals surface area contributed by atoms with Gasteiger partial charge in [0.2, 0.25) is 0 Å². The summed E-state index contributed by atoms with van der Waals surface area (Å²) in [6.07, 6.45) is -0.545. The van der Waals surface area contributed by atoms with Crippen LogP contribution in [0.15, 0.2) is 29.4 Å². The molecule has 1 amide bonds. The van der Waals surface area contributed by atoms with Crippen LogP contribution in [-0.4, -0.2) is 29.5 Å². The van der Waals surface area contributed by atoms with Gasteiger partial charge in [-0.3, -0.25) is 0 Å². The molecule has 3 N–H and O–H groups in total. The molecule has 0 heterocycles. The fourth-order valence-corrected chi connectivity index (χ4v) is 1.57. The summed E-state index contributed by atoms with van der Waals surface area (Å²) in [6, 6.07) is 4.73. The predicted octanol–water partition coefficient (Wildman–Crippen LogP) is 2.10. The number of carbonyl (C=O) groups is 2. The van der Waals surface area contributed by atoms with Crippen LogP contribution in [0.25, 0.3) is 0 Å². The fraction of sp³-hybridized carbons (Fsp3) is 0.438. The maximum absolute atomic E-state index is 12.8. The molecule has 0 aromatic heterocycles. The lowest BCUT2D eigenvalue weighted by Gasteiger charge is -2.20. The largest absolute Gasteiger partial charge is 0.444 e. The normalized spacial score (nSPS) is 13.1. The van der Waals surface area contributed by atoms with Crippen molar-refractivity contribution in [3.05, 3.63) is 35.6 Å². The summed E-state index contributed by atoms with van der Waals surface area (Å²) in [5.41, 5.74) is 5.68. The van der Waals surface area contributed by atoms with Crippen LogP contribution in [0, 0.1) is 5.82 Å².